The van der Waals surface area contributed by atoms with Crippen LogP contribution < -0.4 is 20.5 Å². The van der Waals surface area contributed by atoms with E-state index in [2.05, 4.69) is 25.6 Å². The van der Waals surface area contributed by atoms with E-state index in [4.69, 9.17) is 24.4 Å². The standard InChI is InChI=1S/C25H30N8O2/c1-19(30-31-22-5-3-2-4-6-22)20-7-9-21(10-8-20)26-23-27-24(32-11-15-34-16-12-32)29-25(28-23)33-13-17-35-18-14-33/h2-10,31H,11-18H2,1H3,(H,26,27,28,29). The number of hydrazone groups is 1. The molecular weight excluding hydrogens is 444 g/mol. The van der Waals surface area contributed by atoms with E-state index in [-0.39, 0.29) is 0 Å². The maximum absolute atomic E-state index is 5.50. The molecule has 2 aliphatic heterocycles. The number of benzene rings is 2. The number of hydrogen-bond acceptors (Lipinski definition) is 10. The number of para-hydroxylation sites is 1. The van der Waals surface area contributed by atoms with Gasteiger partial charge in [-0.3, -0.25) is 5.43 Å². The van der Waals surface area contributed by atoms with E-state index in [9.17, 15) is 0 Å². The summed E-state index contributed by atoms with van der Waals surface area (Å²) >= 11 is 0. The molecule has 10 nitrogen and oxygen atoms in total. The molecular formula is C25H30N8O2. The van der Waals surface area contributed by atoms with E-state index in [1.165, 1.54) is 0 Å². The zero-order valence-corrected chi connectivity index (χ0v) is 19.9. The summed E-state index contributed by atoms with van der Waals surface area (Å²) in [6.07, 6.45) is 0. The van der Waals surface area contributed by atoms with Crippen molar-refractivity contribution < 1.29 is 9.47 Å². The molecule has 2 aromatic carbocycles. The second-order valence-electron chi connectivity index (χ2n) is 8.34. The first kappa shape index (κ1) is 23.0. The van der Waals surface area contributed by atoms with Crippen LogP contribution in [0, 0.1) is 0 Å². The smallest absolute Gasteiger partial charge is 0.233 e. The molecule has 0 saturated carbocycles. The molecule has 0 unspecified atom stereocenters. The lowest BCUT2D eigenvalue weighted by Crippen LogP contribution is -2.40. The normalized spacial score (nSPS) is 16.8. The third-order valence-electron chi connectivity index (χ3n) is 5.88. The second-order valence-corrected chi connectivity index (χ2v) is 8.34. The van der Waals surface area contributed by atoms with Crippen LogP contribution in [0.5, 0.6) is 0 Å². The van der Waals surface area contributed by atoms with Gasteiger partial charge in [0.05, 0.1) is 37.8 Å². The average molecular weight is 475 g/mol. The first-order valence-corrected chi connectivity index (χ1v) is 11.9. The molecule has 0 bridgehead atoms. The van der Waals surface area contributed by atoms with Gasteiger partial charge in [-0.25, -0.2) is 0 Å². The van der Waals surface area contributed by atoms with Gasteiger partial charge in [-0.15, -0.1) is 0 Å². The Morgan fingerprint density at radius 2 is 1.31 bits per heavy atom. The fraction of sp³-hybridized carbons (Fsp3) is 0.360. The minimum atomic E-state index is 0.520. The summed E-state index contributed by atoms with van der Waals surface area (Å²) < 4.78 is 11.0. The largest absolute Gasteiger partial charge is 0.378 e. The summed E-state index contributed by atoms with van der Waals surface area (Å²) in [5.74, 6) is 1.85. The molecule has 0 radical (unpaired) electrons. The Bertz CT molecular complexity index is 1090. The van der Waals surface area contributed by atoms with Crippen LogP contribution in [0.3, 0.4) is 0 Å². The van der Waals surface area contributed by atoms with Crippen molar-refractivity contribution in [1.82, 2.24) is 15.0 Å². The number of morpholine rings is 2. The molecule has 3 aromatic rings. The zero-order valence-electron chi connectivity index (χ0n) is 19.9. The van der Waals surface area contributed by atoms with Gasteiger partial charge in [-0.2, -0.15) is 20.1 Å². The summed E-state index contributed by atoms with van der Waals surface area (Å²) in [6.45, 7) is 7.70. The third-order valence-corrected chi connectivity index (χ3v) is 5.88. The molecule has 35 heavy (non-hydrogen) atoms. The fourth-order valence-electron chi connectivity index (χ4n) is 3.87. The average Bonchev–Trinajstić information content (AvgIpc) is 2.93. The highest BCUT2D eigenvalue weighted by Gasteiger charge is 2.20. The number of ether oxygens (including phenoxy) is 2. The molecule has 182 valence electrons. The lowest BCUT2D eigenvalue weighted by molar-refractivity contribution is 0.121. The van der Waals surface area contributed by atoms with Crippen LogP contribution in [0.4, 0.5) is 29.2 Å². The van der Waals surface area contributed by atoms with Crippen molar-refractivity contribution in [3.05, 3.63) is 60.2 Å². The van der Waals surface area contributed by atoms with Crippen LogP contribution >= 0.6 is 0 Å². The first-order chi connectivity index (χ1) is 17.2. The van der Waals surface area contributed by atoms with E-state index in [1.807, 2.05) is 61.5 Å². The monoisotopic (exact) mass is 474 g/mol. The Labute approximate surface area is 205 Å². The first-order valence-electron chi connectivity index (χ1n) is 11.9. The van der Waals surface area contributed by atoms with Gasteiger partial charge in [0.25, 0.3) is 0 Å². The van der Waals surface area contributed by atoms with Crippen molar-refractivity contribution in [2.75, 3.05) is 73.1 Å². The Hall–Kier alpha value is -3.76. The molecule has 10 heteroatoms. The van der Waals surface area contributed by atoms with Crippen LogP contribution in [0.15, 0.2) is 59.7 Å². The lowest BCUT2D eigenvalue weighted by atomic mass is 10.1. The topological polar surface area (TPSA) is 100 Å². The number of aromatic nitrogens is 3. The molecule has 0 amide bonds. The van der Waals surface area contributed by atoms with Crippen molar-refractivity contribution in [2.24, 2.45) is 5.10 Å². The van der Waals surface area contributed by atoms with Crippen LogP contribution in [0.25, 0.3) is 0 Å². The SMILES string of the molecule is CC(=NNc1ccccc1)c1ccc(Nc2nc(N3CCOCC3)nc(N3CCOCC3)n2)cc1. The van der Waals surface area contributed by atoms with Gasteiger partial charge >= 0.3 is 0 Å². The Balaban J connectivity index is 1.32. The highest BCUT2D eigenvalue weighted by Crippen LogP contribution is 2.22. The molecule has 0 atom stereocenters. The Morgan fingerprint density at radius 3 is 1.89 bits per heavy atom. The van der Waals surface area contributed by atoms with E-state index in [1.54, 1.807) is 0 Å². The van der Waals surface area contributed by atoms with Crippen molar-refractivity contribution in [2.45, 2.75) is 6.92 Å². The number of nitrogens with zero attached hydrogens (tertiary/aromatic N) is 6. The van der Waals surface area contributed by atoms with E-state index >= 15 is 0 Å². The molecule has 3 heterocycles. The minimum absolute atomic E-state index is 0.520. The van der Waals surface area contributed by atoms with Crippen molar-refractivity contribution >= 4 is 34.9 Å². The van der Waals surface area contributed by atoms with Gasteiger partial charge < -0.3 is 24.6 Å². The molecule has 2 aliphatic rings. The zero-order chi connectivity index (χ0) is 23.9. The van der Waals surface area contributed by atoms with Crippen LogP contribution in [-0.4, -0.2) is 73.3 Å². The quantitative estimate of drug-likeness (QED) is 0.395. The van der Waals surface area contributed by atoms with Gasteiger partial charge in [-0.05, 0) is 36.8 Å². The van der Waals surface area contributed by atoms with Gasteiger partial charge in [0.15, 0.2) is 0 Å². The highest BCUT2D eigenvalue weighted by molar-refractivity contribution is 5.99. The van der Waals surface area contributed by atoms with E-state index < -0.39 is 0 Å². The predicted octanol–water partition coefficient (Wildman–Crippen LogP) is 3.12. The van der Waals surface area contributed by atoms with Gasteiger partial charge in [0.2, 0.25) is 17.8 Å². The molecule has 1 aromatic heterocycles. The fourth-order valence-corrected chi connectivity index (χ4v) is 3.87. The lowest BCUT2D eigenvalue weighted by Gasteiger charge is -2.30. The molecule has 0 spiro atoms. The Morgan fingerprint density at radius 1 is 0.743 bits per heavy atom. The van der Waals surface area contributed by atoms with Gasteiger partial charge in [-0.1, -0.05) is 30.3 Å². The van der Waals surface area contributed by atoms with Gasteiger partial charge in [0, 0.05) is 31.9 Å². The summed E-state index contributed by atoms with van der Waals surface area (Å²) in [7, 11) is 0. The van der Waals surface area contributed by atoms with Crippen LogP contribution in [-0.2, 0) is 9.47 Å². The van der Waals surface area contributed by atoms with Crippen molar-refractivity contribution in [1.29, 1.82) is 0 Å². The highest BCUT2D eigenvalue weighted by atomic mass is 16.5. The maximum Gasteiger partial charge on any atom is 0.233 e. The van der Waals surface area contributed by atoms with Crippen LogP contribution in [0.2, 0.25) is 0 Å². The third kappa shape index (κ3) is 6.03. The molecule has 2 N–H and O–H groups in total. The minimum Gasteiger partial charge on any atom is -0.378 e. The number of nitrogens with one attached hydrogen (secondary N) is 2. The summed E-state index contributed by atoms with van der Waals surface area (Å²) in [6, 6.07) is 18.0. The summed E-state index contributed by atoms with van der Waals surface area (Å²) in [5, 5.41) is 7.84. The van der Waals surface area contributed by atoms with Crippen molar-refractivity contribution in [3.63, 3.8) is 0 Å². The maximum atomic E-state index is 5.50. The van der Waals surface area contributed by atoms with E-state index in [0.717, 1.165) is 48.8 Å². The molecule has 0 aliphatic carbocycles. The number of rotatable bonds is 7. The Kier molecular flexibility index (Phi) is 7.30. The van der Waals surface area contributed by atoms with Crippen LogP contribution in [0.1, 0.15) is 12.5 Å². The van der Waals surface area contributed by atoms with Crippen molar-refractivity contribution in [3.8, 4) is 0 Å². The molecule has 2 fully saturated rings. The number of hydrogen-bond donors (Lipinski definition) is 2. The molecule has 2 saturated heterocycles. The summed E-state index contributed by atoms with van der Waals surface area (Å²) in [4.78, 5) is 18.5. The second kappa shape index (κ2) is 11.1. The van der Waals surface area contributed by atoms with E-state index in [0.29, 0.717) is 44.3 Å². The predicted molar refractivity (Wildman–Crippen MR) is 138 cm³/mol. The number of anilines is 5. The van der Waals surface area contributed by atoms with Gasteiger partial charge in [0.1, 0.15) is 0 Å². The molecule has 5 rings (SSSR count). The summed E-state index contributed by atoms with van der Waals surface area (Å²) in [5.41, 5.74) is 6.85.